The maximum atomic E-state index is 13.2. The summed E-state index contributed by atoms with van der Waals surface area (Å²) in [6, 6.07) is 25.4. The number of amides is 2. The van der Waals surface area contributed by atoms with Crippen LogP contribution in [-0.2, 0) is 9.59 Å². The SMILES string of the molecule is O=C(CN1CC(C(=O)N2CCCCC2)Oc2ccccc21)Nc1ccccc1-c1ccccc1. The second-order valence-corrected chi connectivity index (χ2v) is 8.80. The molecule has 5 rings (SSSR count). The summed E-state index contributed by atoms with van der Waals surface area (Å²) >= 11 is 0. The molecule has 3 aromatic carbocycles. The highest BCUT2D eigenvalue weighted by atomic mass is 16.5. The van der Waals surface area contributed by atoms with Crippen LogP contribution in [-0.4, -0.2) is 49.0 Å². The summed E-state index contributed by atoms with van der Waals surface area (Å²) in [7, 11) is 0. The van der Waals surface area contributed by atoms with Gasteiger partial charge in [0.2, 0.25) is 5.91 Å². The monoisotopic (exact) mass is 455 g/mol. The number of carbonyl (C=O) groups is 2. The zero-order chi connectivity index (χ0) is 23.3. The van der Waals surface area contributed by atoms with Crippen LogP contribution in [0.25, 0.3) is 11.1 Å². The molecular formula is C28H29N3O3. The van der Waals surface area contributed by atoms with Crippen molar-refractivity contribution < 1.29 is 14.3 Å². The van der Waals surface area contributed by atoms with Crippen LogP contribution in [0.1, 0.15) is 19.3 Å². The van der Waals surface area contributed by atoms with E-state index in [1.807, 2.05) is 88.7 Å². The number of hydrogen-bond donors (Lipinski definition) is 1. The molecule has 0 saturated carbocycles. The number of benzene rings is 3. The van der Waals surface area contributed by atoms with E-state index in [2.05, 4.69) is 5.32 Å². The Hall–Kier alpha value is -3.80. The van der Waals surface area contributed by atoms with Crippen LogP contribution in [0.3, 0.4) is 0 Å². The summed E-state index contributed by atoms with van der Waals surface area (Å²) in [6.45, 7) is 2.03. The molecule has 174 valence electrons. The van der Waals surface area contributed by atoms with E-state index in [4.69, 9.17) is 4.74 Å². The van der Waals surface area contributed by atoms with E-state index in [0.29, 0.717) is 12.3 Å². The van der Waals surface area contributed by atoms with Gasteiger partial charge in [-0.2, -0.15) is 0 Å². The summed E-state index contributed by atoms with van der Waals surface area (Å²) in [5, 5.41) is 3.08. The molecule has 1 fully saturated rings. The number of rotatable bonds is 5. The van der Waals surface area contributed by atoms with Gasteiger partial charge in [-0.15, -0.1) is 0 Å². The van der Waals surface area contributed by atoms with Gasteiger partial charge in [0, 0.05) is 24.3 Å². The third-order valence-electron chi connectivity index (χ3n) is 6.42. The number of piperidine rings is 1. The molecule has 2 aliphatic rings. The average molecular weight is 456 g/mol. The van der Waals surface area contributed by atoms with E-state index < -0.39 is 6.10 Å². The van der Waals surface area contributed by atoms with Crippen LogP contribution >= 0.6 is 0 Å². The third kappa shape index (κ3) is 4.76. The van der Waals surface area contributed by atoms with Crippen molar-refractivity contribution >= 4 is 23.2 Å². The van der Waals surface area contributed by atoms with Gasteiger partial charge in [0.15, 0.2) is 6.10 Å². The van der Waals surface area contributed by atoms with E-state index in [1.165, 1.54) is 0 Å². The van der Waals surface area contributed by atoms with Gasteiger partial charge < -0.3 is 19.9 Å². The van der Waals surface area contributed by atoms with Crippen molar-refractivity contribution in [3.8, 4) is 16.9 Å². The first kappa shape index (κ1) is 22.0. The number of anilines is 2. The normalized spacial score (nSPS) is 17.5. The highest BCUT2D eigenvalue weighted by Gasteiger charge is 2.34. The molecule has 6 heteroatoms. The zero-order valence-electron chi connectivity index (χ0n) is 19.2. The number of carbonyl (C=O) groups excluding carboxylic acids is 2. The van der Waals surface area contributed by atoms with Gasteiger partial charge in [0.05, 0.1) is 18.8 Å². The molecule has 34 heavy (non-hydrogen) atoms. The van der Waals surface area contributed by atoms with Gasteiger partial charge in [-0.3, -0.25) is 9.59 Å². The molecule has 1 unspecified atom stereocenters. The van der Waals surface area contributed by atoms with Crippen LogP contribution in [0.2, 0.25) is 0 Å². The minimum atomic E-state index is -0.614. The summed E-state index contributed by atoms with van der Waals surface area (Å²) in [5.41, 5.74) is 3.61. The predicted octanol–water partition coefficient (Wildman–Crippen LogP) is 4.57. The Labute approximate surface area is 200 Å². The zero-order valence-corrected chi connectivity index (χ0v) is 19.2. The van der Waals surface area contributed by atoms with Crippen molar-refractivity contribution in [3.05, 3.63) is 78.9 Å². The fourth-order valence-electron chi connectivity index (χ4n) is 4.73. The van der Waals surface area contributed by atoms with E-state index in [1.54, 1.807) is 0 Å². The lowest BCUT2D eigenvalue weighted by atomic mass is 10.0. The van der Waals surface area contributed by atoms with Crippen molar-refractivity contribution in [1.29, 1.82) is 0 Å². The summed E-state index contributed by atoms with van der Waals surface area (Å²) in [5.74, 6) is 0.514. The molecular weight excluding hydrogens is 426 g/mol. The highest BCUT2D eigenvalue weighted by Crippen LogP contribution is 2.34. The van der Waals surface area contributed by atoms with E-state index >= 15 is 0 Å². The lowest BCUT2D eigenvalue weighted by Gasteiger charge is -2.38. The smallest absolute Gasteiger partial charge is 0.265 e. The van der Waals surface area contributed by atoms with Gasteiger partial charge in [0.1, 0.15) is 5.75 Å². The number of ether oxygens (including phenoxy) is 1. The number of para-hydroxylation sites is 3. The minimum Gasteiger partial charge on any atom is -0.477 e. The van der Waals surface area contributed by atoms with Gasteiger partial charge in [0.25, 0.3) is 5.91 Å². The van der Waals surface area contributed by atoms with Gasteiger partial charge in [-0.05, 0) is 43.0 Å². The molecule has 2 amide bonds. The summed E-state index contributed by atoms with van der Waals surface area (Å²) in [4.78, 5) is 30.2. The Morgan fingerprint density at radius 1 is 0.853 bits per heavy atom. The molecule has 1 atom stereocenters. The van der Waals surface area contributed by atoms with E-state index in [0.717, 1.165) is 54.9 Å². The maximum Gasteiger partial charge on any atom is 0.265 e. The minimum absolute atomic E-state index is 0.00837. The highest BCUT2D eigenvalue weighted by molar-refractivity contribution is 5.98. The Morgan fingerprint density at radius 3 is 2.38 bits per heavy atom. The molecule has 0 radical (unpaired) electrons. The Bertz CT molecular complexity index is 1160. The third-order valence-corrected chi connectivity index (χ3v) is 6.42. The quantitative estimate of drug-likeness (QED) is 0.612. The van der Waals surface area contributed by atoms with Gasteiger partial charge in [-0.1, -0.05) is 60.7 Å². The standard InChI is InChI=1S/C28H29N3O3/c32-27(29-23-14-6-5-13-22(23)21-11-3-1-4-12-21)20-31-19-26(28(33)30-17-9-2-10-18-30)34-25-16-8-7-15-24(25)31/h1,3-8,11-16,26H,2,9-10,17-20H2,(H,29,32). The molecule has 0 aliphatic carbocycles. The second-order valence-electron chi connectivity index (χ2n) is 8.80. The molecule has 0 bridgehead atoms. The van der Waals surface area contributed by atoms with Crippen LogP contribution in [0.4, 0.5) is 11.4 Å². The first-order valence-corrected chi connectivity index (χ1v) is 11.9. The summed E-state index contributed by atoms with van der Waals surface area (Å²) < 4.78 is 6.09. The fraction of sp³-hybridized carbons (Fsp3) is 0.286. The Morgan fingerprint density at radius 2 is 1.56 bits per heavy atom. The molecule has 1 saturated heterocycles. The van der Waals surface area contributed by atoms with Gasteiger partial charge in [-0.25, -0.2) is 0 Å². The number of nitrogens with one attached hydrogen (secondary N) is 1. The van der Waals surface area contributed by atoms with Crippen molar-refractivity contribution in [2.75, 3.05) is 36.4 Å². The molecule has 3 aromatic rings. The van der Waals surface area contributed by atoms with Crippen LogP contribution < -0.4 is 15.0 Å². The van der Waals surface area contributed by atoms with Crippen LogP contribution in [0, 0.1) is 0 Å². The van der Waals surface area contributed by atoms with Crippen LogP contribution in [0.5, 0.6) is 5.75 Å². The van der Waals surface area contributed by atoms with E-state index in [-0.39, 0.29) is 18.4 Å². The number of hydrogen-bond acceptors (Lipinski definition) is 4. The van der Waals surface area contributed by atoms with Crippen molar-refractivity contribution in [1.82, 2.24) is 4.90 Å². The molecule has 0 spiro atoms. The lowest BCUT2D eigenvalue weighted by molar-refractivity contribution is -0.139. The molecule has 0 aromatic heterocycles. The predicted molar refractivity (Wildman–Crippen MR) is 134 cm³/mol. The molecule has 2 aliphatic heterocycles. The van der Waals surface area contributed by atoms with Crippen LogP contribution in [0.15, 0.2) is 78.9 Å². The maximum absolute atomic E-state index is 13.2. The average Bonchev–Trinajstić information content (AvgIpc) is 2.89. The first-order valence-electron chi connectivity index (χ1n) is 11.9. The Balaban J connectivity index is 1.33. The van der Waals surface area contributed by atoms with Crippen molar-refractivity contribution in [2.45, 2.75) is 25.4 Å². The molecule has 6 nitrogen and oxygen atoms in total. The van der Waals surface area contributed by atoms with Gasteiger partial charge >= 0.3 is 0 Å². The number of likely N-dealkylation sites (tertiary alicyclic amines) is 1. The second kappa shape index (κ2) is 10.00. The summed E-state index contributed by atoms with van der Waals surface area (Å²) in [6.07, 6.45) is 2.61. The molecule has 2 heterocycles. The van der Waals surface area contributed by atoms with E-state index in [9.17, 15) is 9.59 Å². The topological polar surface area (TPSA) is 61.9 Å². The number of fused-ring (bicyclic) bond motifs is 1. The number of nitrogens with zero attached hydrogens (tertiary/aromatic N) is 2. The largest absolute Gasteiger partial charge is 0.477 e. The first-order chi connectivity index (χ1) is 16.7. The van der Waals surface area contributed by atoms with Crippen molar-refractivity contribution in [2.24, 2.45) is 0 Å². The molecule has 1 N–H and O–H groups in total. The lowest BCUT2D eigenvalue weighted by Crippen LogP contribution is -2.52. The van der Waals surface area contributed by atoms with Crippen molar-refractivity contribution in [3.63, 3.8) is 0 Å². The Kier molecular flexibility index (Phi) is 6.47. The fourth-order valence-corrected chi connectivity index (χ4v) is 4.73.